The summed E-state index contributed by atoms with van der Waals surface area (Å²) in [5.74, 6) is -1.42. The SMILES string of the molecule is CC(C)c1c(C(N)=O)ccc(N(c2cc(C(N)=O)ccc2F)C2CCN(Cc3cccs3)CC2)c1C(C)C. The first kappa shape index (κ1) is 27.8. The molecule has 8 heteroatoms. The predicted octanol–water partition coefficient (Wildman–Crippen LogP) is 6.13. The molecule has 0 saturated carbocycles. The zero-order valence-corrected chi connectivity index (χ0v) is 23.4. The predicted molar refractivity (Wildman–Crippen MR) is 153 cm³/mol. The van der Waals surface area contributed by atoms with E-state index in [1.165, 1.54) is 17.0 Å². The summed E-state index contributed by atoms with van der Waals surface area (Å²) in [6.07, 6.45) is 1.63. The van der Waals surface area contributed by atoms with Crippen LogP contribution >= 0.6 is 11.3 Å². The van der Waals surface area contributed by atoms with E-state index in [-0.39, 0.29) is 23.4 Å². The molecule has 1 aromatic heterocycles. The summed E-state index contributed by atoms with van der Waals surface area (Å²) in [6.45, 7) is 10.9. The van der Waals surface area contributed by atoms with Crippen molar-refractivity contribution >= 4 is 34.5 Å². The average molecular weight is 537 g/mol. The molecule has 0 bridgehead atoms. The van der Waals surface area contributed by atoms with Gasteiger partial charge in [-0.05, 0) is 77.6 Å². The number of anilines is 2. The molecule has 1 aliphatic rings. The molecule has 6 nitrogen and oxygen atoms in total. The smallest absolute Gasteiger partial charge is 0.248 e. The number of likely N-dealkylation sites (tertiary alicyclic amines) is 1. The number of amides is 2. The topological polar surface area (TPSA) is 92.7 Å². The van der Waals surface area contributed by atoms with E-state index >= 15 is 4.39 Å². The molecular weight excluding hydrogens is 499 g/mol. The molecular formula is C30H37FN4O2S. The Hall–Kier alpha value is -3.23. The summed E-state index contributed by atoms with van der Waals surface area (Å²) in [5, 5.41) is 2.09. The molecule has 1 saturated heterocycles. The van der Waals surface area contributed by atoms with Crippen LogP contribution in [0.2, 0.25) is 0 Å². The van der Waals surface area contributed by atoms with Gasteiger partial charge in [0.05, 0.1) is 5.69 Å². The van der Waals surface area contributed by atoms with E-state index in [0.717, 1.165) is 49.3 Å². The molecule has 1 fully saturated rings. The number of hydrogen-bond donors (Lipinski definition) is 2. The van der Waals surface area contributed by atoms with Crippen LogP contribution < -0.4 is 16.4 Å². The van der Waals surface area contributed by atoms with Gasteiger partial charge in [0.2, 0.25) is 11.8 Å². The van der Waals surface area contributed by atoms with Crippen LogP contribution in [0.4, 0.5) is 15.8 Å². The molecule has 0 radical (unpaired) electrons. The van der Waals surface area contributed by atoms with Gasteiger partial charge in [-0.25, -0.2) is 4.39 Å². The Labute approximate surface area is 228 Å². The minimum absolute atomic E-state index is 0.0100. The van der Waals surface area contributed by atoms with Crippen LogP contribution in [0.1, 0.15) is 89.1 Å². The van der Waals surface area contributed by atoms with Crippen molar-refractivity contribution in [3.63, 3.8) is 0 Å². The molecule has 0 unspecified atom stereocenters. The highest BCUT2D eigenvalue weighted by molar-refractivity contribution is 7.09. The number of rotatable bonds is 9. The number of hydrogen-bond acceptors (Lipinski definition) is 5. The van der Waals surface area contributed by atoms with Crippen molar-refractivity contribution in [3.8, 4) is 0 Å². The molecule has 2 aromatic carbocycles. The Morgan fingerprint density at radius 1 is 0.974 bits per heavy atom. The first-order valence-electron chi connectivity index (χ1n) is 13.2. The third-order valence-electron chi connectivity index (χ3n) is 7.32. The minimum atomic E-state index is -0.604. The largest absolute Gasteiger partial charge is 0.366 e. The van der Waals surface area contributed by atoms with Gasteiger partial charge >= 0.3 is 0 Å². The normalized spacial score (nSPS) is 14.8. The maximum absolute atomic E-state index is 15.6. The molecule has 1 aliphatic heterocycles. The van der Waals surface area contributed by atoms with Crippen molar-refractivity contribution in [2.45, 2.75) is 65.0 Å². The highest BCUT2D eigenvalue weighted by atomic mass is 32.1. The summed E-state index contributed by atoms with van der Waals surface area (Å²) in [6, 6.07) is 12.1. The fourth-order valence-electron chi connectivity index (χ4n) is 5.61. The highest BCUT2D eigenvalue weighted by Crippen LogP contribution is 2.43. The van der Waals surface area contributed by atoms with E-state index in [2.05, 4.69) is 36.3 Å². The van der Waals surface area contributed by atoms with Crippen molar-refractivity contribution in [1.29, 1.82) is 0 Å². The van der Waals surface area contributed by atoms with E-state index in [9.17, 15) is 9.59 Å². The third-order valence-corrected chi connectivity index (χ3v) is 8.18. The summed E-state index contributed by atoms with van der Waals surface area (Å²) in [5.41, 5.74) is 15.1. The van der Waals surface area contributed by atoms with Crippen molar-refractivity contribution in [2.75, 3.05) is 18.0 Å². The molecule has 0 atom stereocenters. The molecule has 38 heavy (non-hydrogen) atoms. The van der Waals surface area contributed by atoms with Crippen LogP contribution in [0, 0.1) is 5.82 Å². The second-order valence-electron chi connectivity index (χ2n) is 10.6. The fourth-order valence-corrected chi connectivity index (χ4v) is 6.36. The first-order chi connectivity index (χ1) is 18.1. The standard InChI is InChI=1S/C30H37FN4O2S/c1-18(2)27-23(30(33)37)8-10-25(28(27)19(3)4)35(26-16-20(29(32)36)7-9-24(26)31)21-11-13-34(14-12-21)17-22-6-5-15-38-22/h5-10,15-16,18-19,21H,11-14,17H2,1-4H3,(H2,32,36)(H2,33,37). The summed E-state index contributed by atoms with van der Waals surface area (Å²) in [4.78, 5) is 30.2. The van der Waals surface area contributed by atoms with Crippen LogP contribution in [0.5, 0.6) is 0 Å². The number of thiophene rings is 1. The van der Waals surface area contributed by atoms with Gasteiger partial charge in [0.15, 0.2) is 0 Å². The number of primary amides is 2. The van der Waals surface area contributed by atoms with Crippen LogP contribution in [-0.4, -0.2) is 35.8 Å². The Morgan fingerprint density at radius 2 is 1.66 bits per heavy atom. The fraction of sp³-hybridized carbons (Fsp3) is 0.400. The minimum Gasteiger partial charge on any atom is -0.366 e. The number of benzene rings is 2. The van der Waals surface area contributed by atoms with E-state index in [1.807, 2.05) is 24.8 Å². The summed E-state index contributed by atoms with van der Waals surface area (Å²) in [7, 11) is 0. The van der Waals surface area contributed by atoms with E-state index < -0.39 is 17.6 Å². The van der Waals surface area contributed by atoms with E-state index in [1.54, 1.807) is 23.5 Å². The van der Waals surface area contributed by atoms with Gasteiger partial charge in [-0.15, -0.1) is 11.3 Å². The van der Waals surface area contributed by atoms with Gasteiger partial charge in [-0.1, -0.05) is 33.8 Å². The number of carbonyl (C=O) groups is 2. The lowest BCUT2D eigenvalue weighted by atomic mass is 9.84. The molecule has 3 aromatic rings. The van der Waals surface area contributed by atoms with E-state index in [0.29, 0.717) is 11.3 Å². The second kappa shape index (κ2) is 11.7. The van der Waals surface area contributed by atoms with Crippen LogP contribution in [0.3, 0.4) is 0 Å². The number of piperidine rings is 1. The molecule has 0 aliphatic carbocycles. The average Bonchev–Trinajstić information content (AvgIpc) is 3.38. The van der Waals surface area contributed by atoms with Gasteiger partial charge in [-0.2, -0.15) is 0 Å². The van der Waals surface area contributed by atoms with Crippen molar-refractivity contribution in [1.82, 2.24) is 4.90 Å². The molecule has 2 amide bonds. The van der Waals surface area contributed by atoms with Gasteiger partial charge in [0.25, 0.3) is 0 Å². The quantitative estimate of drug-likeness (QED) is 0.344. The molecule has 4 N–H and O–H groups in total. The van der Waals surface area contributed by atoms with Gasteiger partial charge in [0, 0.05) is 47.4 Å². The van der Waals surface area contributed by atoms with Gasteiger partial charge in [-0.3, -0.25) is 14.5 Å². The molecule has 2 heterocycles. The Bertz CT molecular complexity index is 1300. The molecule has 0 spiro atoms. The van der Waals surface area contributed by atoms with Crippen LogP contribution in [0.15, 0.2) is 47.8 Å². The lowest BCUT2D eigenvalue weighted by Crippen LogP contribution is -2.43. The third kappa shape index (κ3) is 5.76. The second-order valence-corrected chi connectivity index (χ2v) is 11.7. The molecule has 202 valence electrons. The molecule has 4 rings (SSSR count). The van der Waals surface area contributed by atoms with Crippen LogP contribution in [-0.2, 0) is 6.54 Å². The van der Waals surface area contributed by atoms with Crippen LogP contribution in [0.25, 0.3) is 0 Å². The number of carbonyl (C=O) groups excluding carboxylic acids is 2. The number of halogens is 1. The van der Waals surface area contributed by atoms with E-state index in [4.69, 9.17) is 11.5 Å². The maximum atomic E-state index is 15.6. The first-order valence-corrected chi connectivity index (χ1v) is 14.1. The highest BCUT2D eigenvalue weighted by Gasteiger charge is 2.32. The number of nitrogens with zero attached hydrogens (tertiary/aromatic N) is 2. The van der Waals surface area contributed by atoms with Crippen molar-refractivity contribution in [3.05, 3.63) is 80.8 Å². The van der Waals surface area contributed by atoms with Gasteiger partial charge < -0.3 is 16.4 Å². The Balaban J connectivity index is 1.83. The van der Waals surface area contributed by atoms with Crippen molar-refractivity contribution < 1.29 is 14.0 Å². The Kier molecular flexibility index (Phi) is 8.53. The number of nitrogens with two attached hydrogens (primary N) is 2. The van der Waals surface area contributed by atoms with Crippen molar-refractivity contribution in [2.24, 2.45) is 11.5 Å². The Morgan fingerprint density at radius 3 is 2.21 bits per heavy atom. The lowest BCUT2D eigenvalue weighted by molar-refractivity contribution is 0.0991. The lowest BCUT2D eigenvalue weighted by Gasteiger charge is -2.41. The summed E-state index contributed by atoms with van der Waals surface area (Å²) < 4.78 is 15.6. The zero-order valence-electron chi connectivity index (χ0n) is 22.5. The monoisotopic (exact) mass is 536 g/mol. The summed E-state index contributed by atoms with van der Waals surface area (Å²) >= 11 is 1.75. The zero-order chi connectivity index (χ0) is 27.6. The van der Waals surface area contributed by atoms with Gasteiger partial charge in [0.1, 0.15) is 5.82 Å². The maximum Gasteiger partial charge on any atom is 0.248 e.